The topological polar surface area (TPSA) is 80.9 Å². The van der Waals surface area contributed by atoms with Crippen LogP contribution in [0.25, 0.3) is 22.6 Å². The van der Waals surface area contributed by atoms with E-state index in [0.29, 0.717) is 17.1 Å². The van der Waals surface area contributed by atoms with Crippen LogP contribution in [0.5, 0.6) is 0 Å². The van der Waals surface area contributed by atoms with E-state index in [0.717, 1.165) is 5.56 Å². The first-order chi connectivity index (χ1) is 11.5. The first-order valence-corrected chi connectivity index (χ1v) is 8.35. The van der Waals surface area contributed by atoms with E-state index in [2.05, 4.69) is 15.0 Å². The molecule has 0 spiro atoms. The minimum absolute atomic E-state index is 0.0970. The molecule has 1 N–H and O–H groups in total. The molecule has 0 fully saturated rings. The molecule has 2 aromatic heterocycles. The fraction of sp³-hybridized carbons (Fsp3) is 0.188. The minimum Gasteiger partial charge on any atom is -0.326 e. The molecule has 6 nitrogen and oxygen atoms in total. The van der Waals surface area contributed by atoms with Crippen LogP contribution in [0.15, 0.2) is 48.0 Å². The summed E-state index contributed by atoms with van der Waals surface area (Å²) < 4.78 is 35.6. The van der Waals surface area contributed by atoms with Gasteiger partial charge in [-0.1, -0.05) is 0 Å². The van der Waals surface area contributed by atoms with Crippen LogP contribution in [0, 0.1) is 5.82 Å². The third-order valence-electron chi connectivity index (χ3n) is 3.50. The maximum Gasteiger partial charge on any atom is 0.247 e. The van der Waals surface area contributed by atoms with Crippen molar-refractivity contribution in [3.05, 3.63) is 48.7 Å². The third-order valence-corrected chi connectivity index (χ3v) is 4.01. The zero-order valence-corrected chi connectivity index (χ0v) is 13.9. The van der Waals surface area contributed by atoms with Crippen LogP contribution >= 0.6 is 0 Å². The summed E-state index contributed by atoms with van der Waals surface area (Å²) in [7, 11) is 0. The highest BCUT2D eigenvalue weighted by atomic mass is 32.2. The lowest BCUT2D eigenvalue weighted by atomic mass is 10.1. The molecule has 0 saturated carbocycles. The van der Waals surface area contributed by atoms with E-state index in [1.165, 1.54) is 18.3 Å². The van der Waals surface area contributed by atoms with Gasteiger partial charge in [0.1, 0.15) is 5.82 Å². The van der Waals surface area contributed by atoms with Crippen LogP contribution in [-0.2, 0) is 11.1 Å². The van der Waals surface area contributed by atoms with Crippen molar-refractivity contribution in [2.24, 2.45) is 0 Å². The number of imidazole rings is 1. The average molecular weight is 346 g/mol. The molecular weight excluding hydrogens is 331 g/mol. The summed E-state index contributed by atoms with van der Waals surface area (Å²) in [6, 6.07) is 7.75. The summed E-state index contributed by atoms with van der Waals surface area (Å²) in [5.41, 5.74) is 2.52. The average Bonchev–Trinajstić information content (AvgIpc) is 3.01. The quantitative estimate of drug-likeness (QED) is 0.579. The van der Waals surface area contributed by atoms with Crippen LogP contribution in [0.2, 0.25) is 0 Å². The van der Waals surface area contributed by atoms with Gasteiger partial charge in [-0.15, -0.1) is 0 Å². The Morgan fingerprint density at radius 3 is 2.50 bits per heavy atom. The summed E-state index contributed by atoms with van der Waals surface area (Å²) >= 11 is -2.27. The molecule has 0 aliphatic heterocycles. The molecule has 1 atom stereocenters. The van der Waals surface area contributed by atoms with Gasteiger partial charge in [-0.05, 0) is 44.2 Å². The number of hydrogen-bond donors (Lipinski definition) is 1. The van der Waals surface area contributed by atoms with Crippen molar-refractivity contribution < 1.29 is 13.2 Å². The molecule has 8 heteroatoms. The standard InChI is InChI=1S/C16H15FN4O2S/c1-10(2)21-9-19-14(11-3-5-12(17)6-4-11)15(21)13-7-8-18-16(20-13)24(22)23/h3-10H,1-2H3,(H,22,23). The van der Waals surface area contributed by atoms with E-state index < -0.39 is 11.1 Å². The first kappa shape index (κ1) is 16.4. The number of hydrogen-bond acceptors (Lipinski definition) is 4. The molecule has 0 aliphatic carbocycles. The molecule has 1 unspecified atom stereocenters. The van der Waals surface area contributed by atoms with Crippen molar-refractivity contribution in [1.82, 2.24) is 19.5 Å². The molecule has 24 heavy (non-hydrogen) atoms. The first-order valence-electron chi connectivity index (χ1n) is 7.24. The summed E-state index contributed by atoms with van der Waals surface area (Å²) in [5.74, 6) is -0.330. The summed E-state index contributed by atoms with van der Waals surface area (Å²) in [5, 5.41) is -0.172. The van der Waals surface area contributed by atoms with E-state index in [1.807, 2.05) is 18.4 Å². The normalized spacial score (nSPS) is 12.5. The molecule has 2 heterocycles. The van der Waals surface area contributed by atoms with Crippen molar-refractivity contribution in [2.45, 2.75) is 25.0 Å². The lowest BCUT2D eigenvalue weighted by Gasteiger charge is -2.13. The van der Waals surface area contributed by atoms with Gasteiger partial charge in [-0.3, -0.25) is 4.55 Å². The van der Waals surface area contributed by atoms with Gasteiger partial charge in [0.05, 0.1) is 23.4 Å². The van der Waals surface area contributed by atoms with E-state index in [1.54, 1.807) is 24.5 Å². The molecule has 0 saturated heterocycles. The Morgan fingerprint density at radius 2 is 1.88 bits per heavy atom. The highest BCUT2D eigenvalue weighted by Crippen LogP contribution is 2.32. The summed E-state index contributed by atoms with van der Waals surface area (Å²) in [6.07, 6.45) is 3.11. The molecular formula is C16H15FN4O2S. The second kappa shape index (κ2) is 6.58. The summed E-state index contributed by atoms with van der Waals surface area (Å²) in [4.78, 5) is 12.4. The van der Waals surface area contributed by atoms with Gasteiger partial charge in [0.15, 0.2) is 0 Å². The second-order valence-electron chi connectivity index (χ2n) is 5.42. The number of halogens is 1. The molecule has 3 rings (SSSR count). The van der Waals surface area contributed by atoms with E-state index >= 15 is 0 Å². The monoisotopic (exact) mass is 346 g/mol. The predicted octanol–water partition coefficient (Wildman–Crippen LogP) is 3.31. The Kier molecular flexibility index (Phi) is 4.50. The number of nitrogens with zero attached hydrogens (tertiary/aromatic N) is 4. The fourth-order valence-electron chi connectivity index (χ4n) is 2.38. The van der Waals surface area contributed by atoms with Crippen molar-refractivity contribution in [3.63, 3.8) is 0 Å². The van der Waals surface area contributed by atoms with Crippen LogP contribution in [0.4, 0.5) is 4.39 Å². The maximum absolute atomic E-state index is 13.2. The molecule has 0 aliphatic rings. The van der Waals surface area contributed by atoms with E-state index in [9.17, 15) is 13.2 Å². The van der Waals surface area contributed by atoms with Gasteiger partial charge in [0.2, 0.25) is 16.2 Å². The molecule has 0 radical (unpaired) electrons. The van der Waals surface area contributed by atoms with Gasteiger partial charge in [0.25, 0.3) is 0 Å². The van der Waals surface area contributed by atoms with Gasteiger partial charge in [-0.25, -0.2) is 23.6 Å². The zero-order chi connectivity index (χ0) is 17.3. The minimum atomic E-state index is -2.27. The highest BCUT2D eigenvalue weighted by molar-refractivity contribution is 7.79. The molecule has 0 amide bonds. The largest absolute Gasteiger partial charge is 0.326 e. The van der Waals surface area contributed by atoms with Crippen molar-refractivity contribution >= 4 is 11.1 Å². The predicted molar refractivity (Wildman–Crippen MR) is 88.1 cm³/mol. The van der Waals surface area contributed by atoms with Gasteiger partial charge < -0.3 is 4.57 Å². The van der Waals surface area contributed by atoms with Crippen LogP contribution < -0.4 is 0 Å². The smallest absolute Gasteiger partial charge is 0.247 e. The third kappa shape index (κ3) is 3.10. The zero-order valence-electron chi connectivity index (χ0n) is 13.0. The fourth-order valence-corrected chi connectivity index (χ4v) is 2.71. The Hall–Kier alpha value is -2.45. The second-order valence-corrected chi connectivity index (χ2v) is 6.29. The summed E-state index contributed by atoms with van der Waals surface area (Å²) in [6.45, 7) is 3.98. The van der Waals surface area contributed by atoms with Crippen molar-refractivity contribution in [3.8, 4) is 22.6 Å². The Bertz CT molecular complexity index is 893. The molecule has 0 bridgehead atoms. The highest BCUT2D eigenvalue weighted by Gasteiger charge is 2.19. The van der Waals surface area contributed by atoms with Crippen LogP contribution in [0.1, 0.15) is 19.9 Å². The van der Waals surface area contributed by atoms with Crippen LogP contribution in [0.3, 0.4) is 0 Å². The van der Waals surface area contributed by atoms with E-state index in [-0.39, 0.29) is 17.0 Å². The molecule has 3 aromatic rings. The van der Waals surface area contributed by atoms with Gasteiger partial charge in [-0.2, -0.15) is 0 Å². The molecule has 124 valence electrons. The number of aromatic nitrogens is 4. The Morgan fingerprint density at radius 1 is 1.17 bits per heavy atom. The Balaban J connectivity index is 2.21. The van der Waals surface area contributed by atoms with Crippen LogP contribution in [-0.4, -0.2) is 28.3 Å². The lowest BCUT2D eigenvalue weighted by Crippen LogP contribution is -2.05. The van der Waals surface area contributed by atoms with Crippen molar-refractivity contribution in [2.75, 3.05) is 0 Å². The maximum atomic E-state index is 13.2. The van der Waals surface area contributed by atoms with Gasteiger partial charge >= 0.3 is 0 Å². The molecule has 1 aromatic carbocycles. The number of benzene rings is 1. The van der Waals surface area contributed by atoms with Gasteiger partial charge in [0, 0.05) is 17.8 Å². The number of rotatable bonds is 4. The SMILES string of the molecule is CC(C)n1cnc(-c2ccc(F)cc2)c1-c1ccnc(S(=O)O)n1. The Labute approximate surface area is 140 Å². The lowest BCUT2D eigenvalue weighted by molar-refractivity contribution is 0.554. The van der Waals surface area contributed by atoms with Crippen molar-refractivity contribution in [1.29, 1.82) is 0 Å². The van der Waals surface area contributed by atoms with E-state index in [4.69, 9.17) is 0 Å².